The van der Waals surface area contributed by atoms with Crippen molar-refractivity contribution in [1.29, 1.82) is 0 Å². The third kappa shape index (κ3) is 4.85. The number of nitrogens with one attached hydrogen (secondary N) is 2. The van der Waals surface area contributed by atoms with Crippen LogP contribution in [0.3, 0.4) is 0 Å². The molecule has 0 spiro atoms. The topological polar surface area (TPSA) is 105 Å². The maximum absolute atomic E-state index is 13.1. The number of hydrogen-bond acceptors (Lipinski definition) is 6. The molecule has 0 bridgehead atoms. The second-order valence-corrected chi connectivity index (χ2v) is 7.26. The second-order valence-electron chi connectivity index (χ2n) is 7.26. The molecule has 0 aliphatic carbocycles. The van der Waals surface area contributed by atoms with Crippen LogP contribution < -0.4 is 15.5 Å². The summed E-state index contributed by atoms with van der Waals surface area (Å²) in [4.78, 5) is 34.6. The highest BCUT2D eigenvalue weighted by atomic mass is 19.1. The molecule has 1 aromatic carbocycles. The SMILES string of the molecule is Cc1ccn(-c2cc(NCCNC(=O)C3CC(=O)N(c4ccc(F)cc4)C3)ncn2)n1. The highest BCUT2D eigenvalue weighted by Crippen LogP contribution is 2.25. The van der Waals surface area contributed by atoms with E-state index in [1.165, 1.54) is 35.5 Å². The summed E-state index contributed by atoms with van der Waals surface area (Å²) in [6, 6.07) is 9.33. The molecule has 0 radical (unpaired) electrons. The number of carbonyl (C=O) groups is 2. The zero-order valence-corrected chi connectivity index (χ0v) is 17.0. The van der Waals surface area contributed by atoms with E-state index in [4.69, 9.17) is 0 Å². The van der Waals surface area contributed by atoms with E-state index >= 15 is 0 Å². The lowest BCUT2D eigenvalue weighted by atomic mass is 10.1. The highest BCUT2D eigenvalue weighted by molar-refractivity contribution is 6.00. The first kappa shape index (κ1) is 20.5. The predicted molar refractivity (Wildman–Crippen MR) is 112 cm³/mol. The quantitative estimate of drug-likeness (QED) is 0.561. The fourth-order valence-corrected chi connectivity index (χ4v) is 3.39. The van der Waals surface area contributed by atoms with Gasteiger partial charge in [0.15, 0.2) is 5.82 Å². The zero-order chi connectivity index (χ0) is 21.8. The van der Waals surface area contributed by atoms with Crippen molar-refractivity contribution in [1.82, 2.24) is 25.1 Å². The number of aryl methyl sites for hydroxylation is 1. The van der Waals surface area contributed by atoms with Crippen LogP contribution in [-0.2, 0) is 9.59 Å². The number of carbonyl (C=O) groups excluding carboxylic acids is 2. The molecule has 2 amide bonds. The van der Waals surface area contributed by atoms with E-state index in [1.807, 2.05) is 19.2 Å². The Morgan fingerprint density at radius 3 is 2.74 bits per heavy atom. The van der Waals surface area contributed by atoms with Gasteiger partial charge >= 0.3 is 0 Å². The molecule has 1 saturated heterocycles. The molecule has 1 aliphatic heterocycles. The molecule has 9 nitrogen and oxygen atoms in total. The Hall–Kier alpha value is -3.82. The molecule has 2 N–H and O–H groups in total. The van der Waals surface area contributed by atoms with Gasteiger partial charge < -0.3 is 15.5 Å². The number of amides is 2. The van der Waals surface area contributed by atoms with Crippen LogP contribution in [0.15, 0.2) is 48.9 Å². The van der Waals surface area contributed by atoms with E-state index in [-0.39, 0.29) is 30.6 Å². The smallest absolute Gasteiger partial charge is 0.227 e. The summed E-state index contributed by atoms with van der Waals surface area (Å²) >= 11 is 0. The van der Waals surface area contributed by atoms with Crippen molar-refractivity contribution in [3.8, 4) is 5.82 Å². The molecule has 1 unspecified atom stereocenters. The predicted octanol–water partition coefficient (Wildman–Crippen LogP) is 1.69. The van der Waals surface area contributed by atoms with Crippen LogP contribution in [0, 0.1) is 18.7 Å². The van der Waals surface area contributed by atoms with Gasteiger partial charge in [-0.25, -0.2) is 19.0 Å². The summed E-state index contributed by atoms with van der Waals surface area (Å²) in [5.74, 6) is 0.118. The van der Waals surface area contributed by atoms with Crippen LogP contribution in [-0.4, -0.2) is 51.2 Å². The second kappa shape index (κ2) is 8.90. The summed E-state index contributed by atoms with van der Waals surface area (Å²) < 4.78 is 14.8. The van der Waals surface area contributed by atoms with E-state index in [9.17, 15) is 14.0 Å². The van der Waals surface area contributed by atoms with Gasteiger partial charge in [-0.2, -0.15) is 5.10 Å². The Balaban J connectivity index is 1.25. The normalized spacial score (nSPS) is 15.9. The molecule has 4 rings (SSSR count). The molecule has 3 aromatic rings. The van der Waals surface area contributed by atoms with E-state index in [1.54, 1.807) is 10.7 Å². The van der Waals surface area contributed by atoms with Crippen molar-refractivity contribution in [2.24, 2.45) is 5.92 Å². The number of benzene rings is 1. The minimum absolute atomic E-state index is 0.134. The molecule has 0 saturated carbocycles. The minimum atomic E-state index is -0.439. The van der Waals surface area contributed by atoms with Gasteiger partial charge in [0.05, 0.1) is 11.6 Å². The molecular formula is C21H22FN7O2. The monoisotopic (exact) mass is 423 g/mol. The Bertz CT molecular complexity index is 1080. The van der Waals surface area contributed by atoms with E-state index in [0.29, 0.717) is 30.4 Å². The van der Waals surface area contributed by atoms with Gasteiger partial charge in [0.25, 0.3) is 0 Å². The highest BCUT2D eigenvalue weighted by Gasteiger charge is 2.34. The lowest BCUT2D eigenvalue weighted by Gasteiger charge is -2.16. The Morgan fingerprint density at radius 1 is 1.19 bits per heavy atom. The van der Waals surface area contributed by atoms with Gasteiger partial charge in [0, 0.05) is 44.0 Å². The minimum Gasteiger partial charge on any atom is -0.368 e. The first-order chi connectivity index (χ1) is 15.0. The Kier molecular flexibility index (Phi) is 5.87. The Morgan fingerprint density at radius 2 is 2.00 bits per heavy atom. The van der Waals surface area contributed by atoms with E-state index in [0.717, 1.165) is 5.69 Å². The first-order valence-electron chi connectivity index (χ1n) is 9.92. The molecule has 1 fully saturated rings. The van der Waals surface area contributed by atoms with Gasteiger partial charge in [-0.1, -0.05) is 0 Å². The molecule has 1 aliphatic rings. The first-order valence-corrected chi connectivity index (χ1v) is 9.92. The average Bonchev–Trinajstić information content (AvgIpc) is 3.38. The van der Waals surface area contributed by atoms with Gasteiger partial charge in [-0.15, -0.1) is 0 Å². The number of anilines is 2. The van der Waals surface area contributed by atoms with Crippen LogP contribution in [0.25, 0.3) is 5.82 Å². The molecule has 1 atom stereocenters. The van der Waals surface area contributed by atoms with Crippen molar-refractivity contribution >= 4 is 23.3 Å². The lowest BCUT2D eigenvalue weighted by Crippen LogP contribution is -2.35. The third-order valence-electron chi connectivity index (χ3n) is 4.97. The van der Waals surface area contributed by atoms with Crippen LogP contribution in [0.2, 0.25) is 0 Å². The molecule has 31 heavy (non-hydrogen) atoms. The summed E-state index contributed by atoms with van der Waals surface area (Å²) in [5, 5.41) is 10.3. The van der Waals surface area contributed by atoms with Crippen LogP contribution >= 0.6 is 0 Å². The van der Waals surface area contributed by atoms with Gasteiger partial charge in [0.2, 0.25) is 11.8 Å². The molecular weight excluding hydrogens is 401 g/mol. The fraction of sp³-hybridized carbons (Fsp3) is 0.286. The van der Waals surface area contributed by atoms with Crippen molar-refractivity contribution in [2.45, 2.75) is 13.3 Å². The van der Waals surface area contributed by atoms with Crippen molar-refractivity contribution in [3.05, 3.63) is 60.4 Å². The zero-order valence-electron chi connectivity index (χ0n) is 17.0. The van der Waals surface area contributed by atoms with E-state index < -0.39 is 5.92 Å². The number of nitrogens with zero attached hydrogens (tertiary/aromatic N) is 5. The van der Waals surface area contributed by atoms with Crippen LogP contribution in [0.5, 0.6) is 0 Å². The molecule has 10 heteroatoms. The number of aromatic nitrogens is 4. The fourth-order valence-electron chi connectivity index (χ4n) is 3.39. The molecule has 2 aromatic heterocycles. The number of rotatable bonds is 7. The van der Waals surface area contributed by atoms with Crippen molar-refractivity contribution in [2.75, 3.05) is 29.9 Å². The third-order valence-corrected chi connectivity index (χ3v) is 4.97. The van der Waals surface area contributed by atoms with Crippen molar-refractivity contribution < 1.29 is 14.0 Å². The van der Waals surface area contributed by atoms with E-state index in [2.05, 4.69) is 25.7 Å². The number of halogens is 1. The average molecular weight is 423 g/mol. The van der Waals surface area contributed by atoms with Crippen LogP contribution in [0.4, 0.5) is 15.9 Å². The summed E-state index contributed by atoms with van der Waals surface area (Å²) in [6.07, 6.45) is 3.40. The van der Waals surface area contributed by atoms with Crippen molar-refractivity contribution in [3.63, 3.8) is 0 Å². The molecule has 3 heterocycles. The lowest BCUT2D eigenvalue weighted by molar-refractivity contribution is -0.126. The largest absolute Gasteiger partial charge is 0.368 e. The summed E-state index contributed by atoms with van der Waals surface area (Å²) in [7, 11) is 0. The van der Waals surface area contributed by atoms with Gasteiger partial charge in [0.1, 0.15) is 18.0 Å². The Labute approximate surface area is 178 Å². The number of hydrogen-bond donors (Lipinski definition) is 2. The maximum Gasteiger partial charge on any atom is 0.227 e. The van der Waals surface area contributed by atoms with Gasteiger partial charge in [-0.3, -0.25) is 9.59 Å². The molecule has 160 valence electrons. The summed E-state index contributed by atoms with van der Waals surface area (Å²) in [5.41, 5.74) is 1.48. The van der Waals surface area contributed by atoms with Crippen LogP contribution in [0.1, 0.15) is 12.1 Å². The standard InChI is InChI=1S/C21H22FN7O2/c1-14-6-9-29(27-14)19-11-18(25-13-26-19)23-7-8-24-21(31)15-10-20(30)28(12-15)17-4-2-16(22)3-5-17/h2-6,9,11,13,15H,7-8,10,12H2,1H3,(H,24,31)(H,23,25,26). The maximum atomic E-state index is 13.1. The van der Waals surface area contributed by atoms with Gasteiger partial charge in [-0.05, 0) is 37.3 Å². The summed E-state index contributed by atoms with van der Waals surface area (Å²) in [6.45, 7) is 3.02.